The van der Waals surface area contributed by atoms with Gasteiger partial charge in [0, 0.05) is 42.9 Å². The molecule has 1 aliphatic heterocycles. The van der Waals surface area contributed by atoms with E-state index in [-0.39, 0.29) is 17.3 Å². The van der Waals surface area contributed by atoms with Gasteiger partial charge in [-0.15, -0.1) is 0 Å². The number of hydrogen-bond donors (Lipinski definition) is 0. The molecule has 3 aromatic carbocycles. The second-order valence-electron chi connectivity index (χ2n) is 7.49. The van der Waals surface area contributed by atoms with E-state index in [2.05, 4.69) is 15.9 Å². The zero-order valence-electron chi connectivity index (χ0n) is 17.6. The van der Waals surface area contributed by atoms with Crippen LogP contribution in [0.15, 0.2) is 71.2 Å². The number of carbonyl (C=O) groups excluding carboxylic acids is 2. The molecule has 0 bridgehead atoms. The van der Waals surface area contributed by atoms with E-state index in [1.54, 1.807) is 54.5 Å². The number of benzene rings is 3. The molecular weight excluding hydrogens is 475 g/mol. The molecule has 1 fully saturated rings. The molecule has 0 N–H and O–H groups in total. The topological polar surface area (TPSA) is 49.9 Å². The third-order valence-corrected chi connectivity index (χ3v) is 6.17. The first-order chi connectivity index (χ1) is 15.5. The van der Waals surface area contributed by atoms with Crippen molar-refractivity contribution in [2.75, 3.05) is 38.2 Å². The predicted octanol–water partition coefficient (Wildman–Crippen LogP) is 4.79. The van der Waals surface area contributed by atoms with Crippen LogP contribution >= 0.6 is 15.9 Å². The first kappa shape index (κ1) is 22.0. The van der Waals surface area contributed by atoms with Crippen LogP contribution in [0.25, 0.3) is 0 Å². The average molecular weight is 497 g/mol. The average Bonchev–Trinajstić information content (AvgIpc) is 2.83. The van der Waals surface area contributed by atoms with Gasteiger partial charge in [-0.2, -0.15) is 0 Å². The van der Waals surface area contributed by atoms with E-state index < -0.39 is 5.82 Å². The summed E-state index contributed by atoms with van der Waals surface area (Å²) in [5.41, 5.74) is 1.81. The van der Waals surface area contributed by atoms with Crippen LogP contribution in [-0.4, -0.2) is 49.9 Å². The lowest BCUT2D eigenvalue weighted by molar-refractivity contribution is 0.0746. The van der Waals surface area contributed by atoms with Crippen molar-refractivity contribution < 1.29 is 18.7 Å². The highest BCUT2D eigenvalue weighted by Crippen LogP contribution is 2.28. The van der Waals surface area contributed by atoms with Gasteiger partial charge in [-0.25, -0.2) is 4.39 Å². The first-order valence-electron chi connectivity index (χ1n) is 10.2. The molecular formula is C25H22BrFN2O3. The molecule has 164 valence electrons. The quantitative estimate of drug-likeness (QED) is 0.476. The lowest BCUT2D eigenvalue weighted by Crippen LogP contribution is -2.49. The van der Waals surface area contributed by atoms with Crippen LogP contribution in [0, 0.1) is 5.82 Å². The Bertz CT molecular complexity index is 1150. The van der Waals surface area contributed by atoms with Crippen molar-refractivity contribution >= 4 is 33.3 Å². The van der Waals surface area contributed by atoms with Gasteiger partial charge in [0.15, 0.2) is 5.78 Å². The number of hydrogen-bond acceptors (Lipinski definition) is 4. The molecule has 0 radical (unpaired) electrons. The van der Waals surface area contributed by atoms with Crippen LogP contribution in [0.4, 0.5) is 10.1 Å². The highest BCUT2D eigenvalue weighted by molar-refractivity contribution is 9.10. The van der Waals surface area contributed by atoms with Crippen LogP contribution in [0.3, 0.4) is 0 Å². The number of nitrogens with zero attached hydrogens (tertiary/aromatic N) is 2. The number of ether oxygens (including phenoxy) is 1. The molecule has 0 spiro atoms. The molecule has 5 nitrogen and oxygen atoms in total. The second-order valence-corrected chi connectivity index (χ2v) is 8.34. The molecule has 0 unspecified atom stereocenters. The number of amides is 1. The molecule has 0 aromatic heterocycles. The maximum Gasteiger partial charge on any atom is 0.253 e. The van der Waals surface area contributed by atoms with Gasteiger partial charge in [0.1, 0.15) is 11.6 Å². The minimum absolute atomic E-state index is 0.0164. The first-order valence-corrected chi connectivity index (χ1v) is 11.0. The SMILES string of the molecule is COc1ccc(C(=O)c2ccc(N3CCN(C(=O)c4ccccc4)CC3)c(F)c2)cc1Br. The number of rotatable bonds is 5. The maximum absolute atomic E-state index is 14.9. The van der Waals surface area contributed by atoms with Crippen LogP contribution in [0.2, 0.25) is 0 Å². The van der Waals surface area contributed by atoms with Crippen molar-refractivity contribution in [3.05, 3.63) is 93.7 Å². The van der Waals surface area contributed by atoms with Crippen molar-refractivity contribution in [2.45, 2.75) is 0 Å². The van der Waals surface area contributed by atoms with Crippen molar-refractivity contribution in [2.24, 2.45) is 0 Å². The van der Waals surface area contributed by atoms with Gasteiger partial charge in [0.2, 0.25) is 0 Å². The lowest BCUT2D eigenvalue weighted by Gasteiger charge is -2.36. The minimum atomic E-state index is -0.453. The molecule has 0 atom stereocenters. The molecule has 1 heterocycles. The fourth-order valence-electron chi connectivity index (χ4n) is 3.79. The normalized spacial score (nSPS) is 13.7. The van der Waals surface area contributed by atoms with Crippen LogP contribution in [0.1, 0.15) is 26.3 Å². The zero-order valence-corrected chi connectivity index (χ0v) is 19.1. The van der Waals surface area contributed by atoms with Crippen molar-refractivity contribution in [3.63, 3.8) is 0 Å². The van der Waals surface area contributed by atoms with Crippen LogP contribution in [-0.2, 0) is 0 Å². The highest BCUT2D eigenvalue weighted by atomic mass is 79.9. The molecule has 7 heteroatoms. The molecule has 0 aliphatic carbocycles. The summed E-state index contributed by atoms with van der Waals surface area (Å²) in [6.07, 6.45) is 0. The van der Waals surface area contributed by atoms with Gasteiger partial charge in [0.05, 0.1) is 17.3 Å². The molecule has 1 saturated heterocycles. The number of ketones is 1. The van der Waals surface area contributed by atoms with Gasteiger partial charge in [-0.1, -0.05) is 18.2 Å². The molecule has 1 amide bonds. The maximum atomic E-state index is 14.9. The van der Waals surface area contributed by atoms with Gasteiger partial charge in [0.25, 0.3) is 5.91 Å². The molecule has 0 saturated carbocycles. The summed E-state index contributed by atoms with van der Waals surface area (Å²) in [5, 5.41) is 0. The highest BCUT2D eigenvalue weighted by Gasteiger charge is 2.24. The summed E-state index contributed by atoms with van der Waals surface area (Å²) in [6.45, 7) is 2.06. The predicted molar refractivity (Wildman–Crippen MR) is 125 cm³/mol. The number of piperazine rings is 1. The fraction of sp³-hybridized carbons (Fsp3) is 0.200. The Labute approximate surface area is 194 Å². The smallest absolute Gasteiger partial charge is 0.253 e. The molecule has 4 rings (SSSR count). The Morgan fingerprint density at radius 1 is 0.875 bits per heavy atom. The summed E-state index contributed by atoms with van der Waals surface area (Å²) >= 11 is 3.37. The molecule has 32 heavy (non-hydrogen) atoms. The number of carbonyl (C=O) groups is 2. The van der Waals surface area contributed by atoms with E-state index in [1.807, 2.05) is 23.1 Å². The monoisotopic (exact) mass is 496 g/mol. The lowest BCUT2D eigenvalue weighted by atomic mass is 10.0. The van der Waals surface area contributed by atoms with Crippen LogP contribution < -0.4 is 9.64 Å². The third-order valence-electron chi connectivity index (χ3n) is 5.55. The van der Waals surface area contributed by atoms with Gasteiger partial charge >= 0.3 is 0 Å². The Kier molecular flexibility index (Phi) is 6.55. The largest absolute Gasteiger partial charge is 0.496 e. The van der Waals surface area contributed by atoms with Crippen molar-refractivity contribution in [1.82, 2.24) is 4.90 Å². The van der Waals surface area contributed by atoms with E-state index in [0.29, 0.717) is 53.2 Å². The Hall–Kier alpha value is -3.19. The molecule has 1 aliphatic rings. The molecule has 3 aromatic rings. The van der Waals surface area contributed by atoms with E-state index in [1.165, 1.54) is 6.07 Å². The van der Waals surface area contributed by atoms with Crippen LogP contribution in [0.5, 0.6) is 5.75 Å². The van der Waals surface area contributed by atoms with E-state index >= 15 is 0 Å². The van der Waals surface area contributed by atoms with E-state index in [4.69, 9.17) is 4.74 Å². The van der Waals surface area contributed by atoms with E-state index in [9.17, 15) is 14.0 Å². The minimum Gasteiger partial charge on any atom is -0.496 e. The van der Waals surface area contributed by atoms with Gasteiger partial charge < -0.3 is 14.5 Å². The van der Waals surface area contributed by atoms with Crippen molar-refractivity contribution in [1.29, 1.82) is 0 Å². The Morgan fingerprint density at radius 2 is 1.53 bits per heavy atom. The van der Waals surface area contributed by atoms with Crippen molar-refractivity contribution in [3.8, 4) is 5.75 Å². The summed E-state index contributed by atoms with van der Waals surface area (Å²) in [4.78, 5) is 29.1. The summed E-state index contributed by atoms with van der Waals surface area (Å²) < 4.78 is 20.8. The van der Waals surface area contributed by atoms with Gasteiger partial charge in [-0.05, 0) is 64.5 Å². The zero-order chi connectivity index (χ0) is 22.7. The van der Waals surface area contributed by atoms with Gasteiger partial charge in [-0.3, -0.25) is 9.59 Å². The number of halogens is 2. The van der Waals surface area contributed by atoms with E-state index in [0.717, 1.165) is 0 Å². The Morgan fingerprint density at radius 3 is 2.16 bits per heavy atom. The summed E-state index contributed by atoms with van der Waals surface area (Å²) in [7, 11) is 1.55. The number of anilines is 1. The third kappa shape index (κ3) is 4.53. The summed E-state index contributed by atoms with van der Waals surface area (Å²) in [6, 6.07) is 18.7. The second kappa shape index (κ2) is 9.53. The summed E-state index contributed by atoms with van der Waals surface area (Å²) in [5.74, 6) is -0.117. The Balaban J connectivity index is 1.44. The standard InChI is InChI=1S/C25H22BrFN2O3/c1-32-23-10-8-18(15-20(23)26)24(30)19-7-9-22(21(27)16-19)28-11-13-29(14-12-28)25(31)17-5-3-2-4-6-17/h2-10,15-16H,11-14H2,1H3. The fourth-order valence-corrected chi connectivity index (χ4v) is 4.33. The number of methoxy groups -OCH3 is 1.